The summed E-state index contributed by atoms with van der Waals surface area (Å²) in [6, 6.07) is -0.155. The number of carbonyl (C=O) groups excluding carboxylic acids is 1. The van der Waals surface area contributed by atoms with Gasteiger partial charge in [0.1, 0.15) is 0 Å². The first-order chi connectivity index (χ1) is 7.57. The molecule has 1 saturated heterocycles. The molecule has 3 atom stereocenters. The molecule has 0 radical (unpaired) electrons. The van der Waals surface area contributed by atoms with Gasteiger partial charge < -0.3 is 15.4 Å². The zero-order valence-corrected chi connectivity index (χ0v) is 10.6. The Morgan fingerprint density at radius 2 is 2.31 bits per heavy atom. The number of amides is 1. The maximum atomic E-state index is 12.0. The zero-order valence-electron chi connectivity index (χ0n) is 10.6. The Labute approximate surface area is 98.1 Å². The molecular weight excluding hydrogens is 204 g/mol. The highest BCUT2D eigenvalue weighted by Crippen LogP contribution is 2.19. The summed E-state index contributed by atoms with van der Waals surface area (Å²) in [6.07, 6.45) is 3.92. The number of ether oxygens (including phenoxy) is 1. The second-order valence-electron chi connectivity index (χ2n) is 4.63. The van der Waals surface area contributed by atoms with Gasteiger partial charge in [0, 0.05) is 13.7 Å². The highest BCUT2D eigenvalue weighted by molar-refractivity contribution is 5.81. The summed E-state index contributed by atoms with van der Waals surface area (Å²) in [7, 11) is 1.84. The highest BCUT2D eigenvalue weighted by atomic mass is 16.5. The van der Waals surface area contributed by atoms with Crippen molar-refractivity contribution >= 4 is 5.91 Å². The summed E-state index contributed by atoms with van der Waals surface area (Å²) in [5.41, 5.74) is 5.89. The third-order valence-corrected chi connectivity index (χ3v) is 3.37. The molecule has 94 valence electrons. The van der Waals surface area contributed by atoms with E-state index >= 15 is 0 Å². The molecule has 1 aliphatic heterocycles. The standard InChI is InChI=1S/C12H24N2O2/c1-4-5-6-10(13)12(15)14(3)11-7-8-16-9(11)2/h9-11H,4-8,13H2,1-3H3/t9?,10-,11?/m0/s1. The molecule has 1 amide bonds. The molecule has 1 fully saturated rings. The lowest BCUT2D eigenvalue weighted by atomic mass is 10.1. The molecule has 0 spiro atoms. The van der Waals surface area contributed by atoms with E-state index in [1.807, 2.05) is 14.0 Å². The van der Waals surface area contributed by atoms with Crippen molar-refractivity contribution in [3.05, 3.63) is 0 Å². The Kier molecular flexibility index (Phi) is 5.22. The molecule has 0 saturated carbocycles. The fraction of sp³-hybridized carbons (Fsp3) is 0.917. The Morgan fingerprint density at radius 3 is 2.81 bits per heavy atom. The molecule has 0 aromatic rings. The van der Waals surface area contributed by atoms with E-state index in [-0.39, 0.29) is 24.1 Å². The number of hydrogen-bond acceptors (Lipinski definition) is 3. The summed E-state index contributed by atoms with van der Waals surface area (Å²) in [5.74, 6) is 0.0517. The predicted octanol–water partition coefficient (Wildman–Crippen LogP) is 1.14. The van der Waals surface area contributed by atoms with Gasteiger partial charge in [-0.15, -0.1) is 0 Å². The summed E-state index contributed by atoms with van der Waals surface area (Å²) < 4.78 is 5.46. The van der Waals surface area contributed by atoms with Crippen LogP contribution in [0.4, 0.5) is 0 Å². The first kappa shape index (κ1) is 13.5. The maximum absolute atomic E-state index is 12.0. The van der Waals surface area contributed by atoms with Crippen LogP contribution in [0.5, 0.6) is 0 Å². The van der Waals surface area contributed by atoms with Crippen molar-refractivity contribution in [3.63, 3.8) is 0 Å². The Bertz CT molecular complexity index is 233. The van der Waals surface area contributed by atoms with Crippen LogP contribution in [0.1, 0.15) is 39.5 Å². The molecule has 0 bridgehead atoms. The average Bonchev–Trinajstić information content (AvgIpc) is 2.70. The van der Waals surface area contributed by atoms with Crippen molar-refractivity contribution in [2.75, 3.05) is 13.7 Å². The number of nitrogens with two attached hydrogens (primary N) is 1. The Hall–Kier alpha value is -0.610. The molecule has 0 aromatic heterocycles. The van der Waals surface area contributed by atoms with Crippen LogP contribution in [0.2, 0.25) is 0 Å². The number of unbranched alkanes of at least 4 members (excludes halogenated alkanes) is 1. The van der Waals surface area contributed by atoms with Crippen molar-refractivity contribution < 1.29 is 9.53 Å². The minimum atomic E-state index is -0.349. The van der Waals surface area contributed by atoms with E-state index in [2.05, 4.69) is 6.92 Å². The Morgan fingerprint density at radius 1 is 1.62 bits per heavy atom. The summed E-state index contributed by atoms with van der Waals surface area (Å²) in [4.78, 5) is 13.8. The van der Waals surface area contributed by atoms with Crippen LogP contribution in [0, 0.1) is 0 Å². The summed E-state index contributed by atoms with van der Waals surface area (Å²) in [6.45, 7) is 4.86. The maximum Gasteiger partial charge on any atom is 0.239 e. The van der Waals surface area contributed by atoms with Crippen LogP contribution in [0.3, 0.4) is 0 Å². The molecule has 1 rings (SSSR count). The van der Waals surface area contributed by atoms with Crippen LogP contribution in [-0.4, -0.2) is 42.6 Å². The lowest BCUT2D eigenvalue weighted by Crippen LogP contribution is -2.48. The monoisotopic (exact) mass is 228 g/mol. The van der Waals surface area contributed by atoms with Gasteiger partial charge >= 0.3 is 0 Å². The minimum absolute atomic E-state index is 0.0517. The van der Waals surface area contributed by atoms with E-state index in [1.54, 1.807) is 4.90 Å². The van der Waals surface area contributed by atoms with Crippen molar-refractivity contribution in [1.82, 2.24) is 4.90 Å². The lowest BCUT2D eigenvalue weighted by molar-refractivity contribution is -0.134. The third-order valence-electron chi connectivity index (χ3n) is 3.37. The molecule has 1 heterocycles. The van der Waals surface area contributed by atoms with Crippen molar-refractivity contribution in [3.8, 4) is 0 Å². The van der Waals surface area contributed by atoms with Crippen molar-refractivity contribution in [2.45, 2.75) is 57.7 Å². The molecule has 4 nitrogen and oxygen atoms in total. The van der Waals surface area contributed by atoms with Crippen LogP contribution in [0.15, 0.2) is 0 Å². The van der Waals surface area contributed by atoms with Gasteiger partial charge in [0.05, 0.1) is 18.2 Å². The third kappa shape index (κ3) is 3.19. The molecule has 2 N–H and O–H groups in total. The van der Waals surface area contributed by atoms with E-state index in [1.165, 1.54) is 0 Å². The number of rotatable bonds is 5. The van der Waals surface area contributed by atoms with Gasteiger partial charge in [0.15, 0.2) is 0 Å². The minimum Gasteiger partial charge on any atom is -0.376 e. The van der Waals surface area contributed by atoms with Crippen molar-refractivity contribution in [1.29, 1.82) is 0 Å². The number of carbonyl (C=O) groups is 1. The van der Waals surface area contributed by atoms with Gasteiger partial charge in [-0.1, -0.05) is 19.8 Å². The first-order valence-corrected chi connectivity index (χ1v) is 6.21. The normalized spacial score (nSPS) is 26.8. The molecule has 0 aliphatic carbocycles. The van der Waals surface area contributed by atoms with E-state index in [9.17, 15) is 4.79 Å². The predicted molar refractivity (Wildman–Crippen MR) is 64.1 cm³/mol. The van der Waals surface area contributed by atoms with Gasteiger partial charge in [-0.2, -0.15) is 0 Å². The first-order valence-electron chi connectivity index (χ1n) is 6.21. The van der Waals surface area contributed by atoms with Gasteiger partial charge in [0.25, 0.3) is 0 Å². The SMILES string of the molecule is CCCC[C@H](N)C(=O)N(C)C1CCOC1C. The summed E-state index contributed by atoms with van der Waals surface area (Å²) in [5, 5.41) is 0. The van der Waals surface area contributed by atoms with Gasteiger partial charge in [-0.05, 0) is 19.8 Å². The van der Waals surface area contributed by atoms with E-state index in [0.29, 0.717) is 0 Å². The number of likely N-dealkylation sites (N-methyl/N-ethyl adjacent to an activating group) is 1. The molecular formula is C12H24N2O2. The highest BCUT2D eigenvalue weighted by Gasteiger charge is 2.32. The van der Waals surface area contributed by atoms with Crippen LogP contribution < -0.4 is 5.73 Å². The topological polar surface area (TPSA) is 55.6 Å². The fourth-order valence-corrected chi connectivity index (χ4v) is 2.20. The quantitative estimate of drug-likeness (QED) is 0.767. The zero-order chi connectivity index (χ0) is 12.1. The number of hydrogen-bond donors (Lipinski definition) is 1. The number of nitrogens with zero attached hydrogens (tertiary/aromatic N) is 1. The Balaban J connectivity index is 2.45. The molecule has 16 heavy (non-hydrogen) atoms. The fourth-order valence-electron chi connectivity index (χ4n) is 2.20. The van der Waals surface area contributed by atoms with E-state index in [0.717, 1.165) is 32.3 Å². The van der Waals surface area contributed by atoms with Crippen LogP contribution in [-0.2, 0) is 9.53 Å². The van der Waals surface area contributed by atoms with Gasteiger partial charge in [0.2, 0.25) is 5.91 Å². The van der Waals surface area contributed by atoms with Crippen molar-refractivity contribution in [2.24, 2.45) is 5.73 Å². The molecule has 0 aromatic carbocycles. The average molecular weight is 228 g/mol. The smallest absolute Gasteiger partial charge is 0.239 e. The molecule has 1 aliphatic rings. The second kappa shape index (κ2) is 6.21. The van der Waals surface area contributed by atoms with Crippen LogP contribution >= 0.6 is 0 Å². The van der Waals surface area contributed by atoms with Gasteiger partial charge in [-0.25, -0.2) is 0 Å². The van der Waals surface area contributed by atoms with E-state index < -0.39 is 0 Å². The lowest BCUT2D eigenvalue weighted by Gasteiger charge is -2.29. The largest absolute Gasteiger partial charge is 0.376 e. The van der Waals surface area contributed by atoms with Gasteiger partial charge in [-0.3, -0.25) is 4.79 Å². The molecule has 4 heteroatoms. The van der Waals surface area contributed by atoms with Crippen LogP contribution in [0.25, 0.3) is 0 Å². The molecule has 2 unspecified atom stereocenters. The summed E-state index contributed by atoms with van der Waals surface area (Å²) >= 11 is 0. The van der Waals surface area contributed by atoms with E-state index in [4.69, 9.17) is 10.5 Å². The second-order valence-corrected chi connectivity index (χ2v) is 4.63.